The molecule has 4 nitrogen and oxygen atoms in total. The van der Waals surface area contributed by atoms with E-state index < -0.39 is 0 Å². The molecule has 0 spiro atoms. The molecule has 0 aliphatic rings. The van der Waals surface area contributed by atoms with Gasteiger partial charge in [-0.15, -0.1) is 0 Å². The van der Waals surface area contributed by atoms with E-state index in [0.29, 0.717) is 0 Å². The topological polar surface area (TPSA) is 74.3 Å². The molecule has 0 aliphatic carbocycles. The quantitative estimate of drug-likeness (QED) is 0.435. The van der Waals surface area contributed by atoms with Gasteiger partial charge in [0.15, 0.2) is 0 Å². The van der Waals surface area contributed by atoms with Gasteiger partial charge >= 0.3 is 0 Å². The van der Waals surface area contributed by atoms with Crippen LogP contribution in [0.5, 0.6) is 0 Å². The number of hydrazone groups is 1. The number of guanidine groups is 1. The van der Waals surface area contributed by atoms with E-state index in [0.717, 1.165) is 16.7 Å². The molecule has 2 aromatic carbocycles. The van der Waals surface area contributed by atoms with Gasteiger partial charge < -0.3 is 5.73 Å². The fourth-order valence-corrected chi connectivity index (χ4v) is 1.66. The first-order valence-electron chi connectivity index (χ1n) is 5.55. The van der Waals surface area contributed by atoms with Crippen LogP contribution >= 0.6 is 0 Å². The Bertz CT molecular complexity index is 561. The molecule has 0 heterocycles. The summed E-state index contributed by atoms with van der Waals surface area (Å²) in [6.45, 7) is 0. The molecule has 0 unspecified atom stereocenters. The summed E-state index contributed by atoms with van der Waals surface area (Å²) in [5.41, 5.74) is 10.8. The summed E-state index contributed by atoms with van der Waals surface area (Å²) in [7, 11) is 0. The van der Waals surface area contributed by atoms with E-state index >= 15 is 0 Å². The fourth-order valence-electron chi connectivity index (χ4n) is 1.66. The third-order valence-corrected chi connectivity index (χ3v) is 2.43. The summed E-state index contributed by atoms with van der Waals surface area (Å²) in [5, 5.41) is 10.9. The zero-order valence-corrected chi connectivity index (χ0v) is 9.80. The molecular formula is C14H14N4. The number of hydrogen-bond acceptors (Lipinski definition) is 2. The van der Waals surface area contributed by atoms with Crippen LogP contribution in [-0.4, -0.2) is 12.2 Å². The zero-order chi connectivity index (χ0) is 12.8. The summed E-state index contributed by atoms with van der Waals surface area (Å²) in [6, 6.07) is 18.0. The summed E-state index contributed by atoms with van der Waals surface area (Å²) in [5.74, 6) is -0.177. The molecule has 2 rings (SSSR count). The molecule has 90 valence electrons. The predicted molar refractivity (Wildman–Crippen MR) is 74.5 cm³/mol. The van der Waals surface area contributed by atoms with Crippen LogP contribution < -0.4 is 11.2 Å². The Morgan fingerprint density at radius 1 is 1.06 bits per heavy atom. The van der Waals surface area contributed by atoms with Crippen LogP contribution in [0.1, 0.15) is 5.56 Å². The lowest BCUT2D eigenvalue weighted by atomic mass is 10.0. The van der Waals surface area contributed by atoms with Crippen LogP contribution in [0.3, 0.4) is 0 Å². The molecule has 0 bridgehead atoms. The standard InChI is InChI=1S/C14H14N4/c15-14(16)18-17-10-12-8-4-5-9-13(12)11-6-2-1-3-7-11/h1-10H,(H4,15,16,18)/b17-10+. The van der Waals surface area contributed by atoms with Crippen LogP contribution in [0.25, 0.3) is 11.1 Å². The zero-order valence-electron chi connectivity index (χ0n) is 9.80. The molecule has 0 fully saturated rings. The predicted octanol–water partition coefficient (Wildman–Crippen LogP) is 2.17. The van der Waals surface area contributed by atoms with Crippen molar-refractivity contribution < 1.29 is 0 Å². The Hall–Kier alpha value is -2.62. The largest absolute Gasteiger partial charge is 0.369 e. The first kappa shape index (κ1) is 11.9. The maximum absolute atomic E-state index is 7.03. The Morgan fingerprint density at radius 3 is 2.44 bits per heavy atom. The lowest BCUT2D eigenvalue weighted by molar-refractivity contribution is 1.00. The number of benzene rings is 2. The van der Waals surface area contributed by atoms with Gasteiger partial charge in [0.25, 0.3) is 0 Å². The summed E-state index contributed by atoms with van der Waals surface area (Å²) in [6.07, 6.45) is 1.66. The van der Waals surface area contributed by atoms with Crippen molar-refractivity contribution in [3.05, 3.63) is 60.2 Å². The van der Waals surface area contributed by atoms with Crippen molar-refractivity contribution >= 4 is 12.2 Å². The highest BCUT2D eigenvalue weighted by atomic mass is 15.3. The number of nitrogens with one attached hydrogen (secondary N) is 2. The molecule has 2 aromatic rings. The third kappa shape index (κ3) is 2.95. The molecule has 0 saturated carbocycles. The maximum atomic E-state index is 7.03. The fraction of sp³-hybridized carbons (Fsp3) is 0. The Morgan fingerprint density at radius 2 is 1.72 bits per heavy atom. The van der Waals surface area contributed by atoms with E-state index in [1.807, 2.05) is 54.6 Å². The van der Waals surface area contributed by atoms with Crippen molar-refractivity contribution in [3.63, 3.8) is 0 Å². The Labute approximate surface area is 106 Å². The van der Waals surface area contributed by atoms with Crippen LogP contribution in [0.15, 0.2) is 59.7 Å². The van der Waals surface area contributed by atoms with Crippen molar-refractivity contribution in [2.24, 2.45) is 10.8 Å². The molecule has 0 radical (unpaired) electrons. The summed E-state index contributed by atoms with van der Waals surface area (Å²) in [4.78, 5) is 0. The average Bonchev–Trinajstić information content (AvgIpc) is 2.40. The number of hydrogen-bond donors (Lipinski definition) is 3. The van der Waals surface area contributed by atoms with Gasteiger partial charge in [0.1, 0.15) is 0 Å². The first-order valence-corrected chi connectivity index (χ1v) is 5.55. The molecule has 4 N–H and O–H groups in total. The van der Waals surface area contributed by atoms with Crippen molar-refractivity contribution in [2.45, 2.75) is 0 Å². The second-order valence-electron chi connectivity index (χ2n) is 3.74. The molecule has 0 amide bonds. The number of nitrogens with two attached hydrogens (primary N) is 1. The molecule has 0 atom stereocenters. The van der Waals surface area contributed by atoms with Gasteiger partial charge in [-0.25, -0.2) is 5.43 Å². The third-order valence-electron chi connectivity index (χ3n) is 2.43. The van der Waals surface area contributed by atoms with Crippen molar-refractivity contribution in [2.75, 3.05) is 0 Å². The van der Waals surface area contributed by atoms with Crippen LogP contribution in [0.4, 0.5) is 0 Å². The number of rotatable bonds is 3. The van der Waals surface area contributed by atoms with E-state index in [4.69, 9.17) is 11.1 Å². The Balaban J connectivity index is 2.32. The van der Waals surface area contributed by atoms with E-state index in [9.17, 15) is 0 Å². The van der Waals surface area contributed by atoms with Crippen LogP contribution in [0, 0.1) is 5.41 Å². The molecular weight excluding hydrogens is 224 g/mol. The van der Waals surface area contributed by atoms with E-state index in [1.165, 1.54) is 0 Å². The van der Waals surface area contributed by atoms with E-state index in [-0.39, 0.29) is 5.96 Å². The maximum Gasteiger partial charge on any atom is 0.206 e. The second-order valence-corrected chi connectivity index (χ2v) is 3.74. The minimum atomic E-state index is -0.177. The van der Waals surface area contributed by atoms with Crippen LogP contribution in [-0.2, 0) is 0 Å². The molecule has 18 heavy (non-hydrogen) atoms. The first-order chi connectivity index (χ1) is 8.77. The van der Waals surface area contributed by atoms with Gasteiger partial charge in [-0.1, -0.05) is 54.6 Å². The highest BCUT2D eigenvalue weighted by Gasteiger charge is 2.01. The van der Waals surface area contributed by atoms with Crippen molar-refractivity contribution in [3.8, 4) is 11.1 Å². The van der Waals surface area contributed by atoms with Gasteiger partial charge in [-0.05, 0) is 11.1 Å². The molecule has 4 heteroatoms. The normalized spacial score (nSPS) is 10.4. The highest BCUT2D eigenvalue weighted by Crippen LogP contribution is 2.21. The summed E-state index contributed by atoms with van der Waals surface area (Å²) >= 11 is 0. The molecule has 0 aromatic heterocycles. The minimum absolute atomic E-state index is 0.177. The minimum Gasteiger partial charge on any atom is -0.369 e. The lowest BCUT2D eigenvalue weighted by Crippen LogP contribution is -2.25. The SMILES string of the molecule is N=C(N)N/N=C/c1ccccc1-c1ccccc1. The van der Waals surface area contributed by atoms with E-state index in [2.05, 4.69) is 10.5 Å². The Kier molecular flexibility index (Phi) is 3.71. The van der Waals surface area contributed by atoms with Crippen LogP contribution in [0.2, 0.25) is 0 Å². The lowest BCUT2D eigenvalue weighted by Gasteiger charge is -2.05. The smallest absolute Gasteiger partial charge is 0.206 e. The van der Waals surface area contributed by atoms with Gasteiger partial charge in [0.05, 0.1) is 6.21 Å². The average molecular weight is 238 g/mol. The second kappa shape index (κ2) is 5.63. The van der Waals surface area contributed by atoms with Crippen molar-refractivity contribution in [1.29, 1.82) is 5.41 Å². The summed E-state index contributed by atoms with van der Waals surface area (Å²) < 4.78 is 0. The molecule has 0 aliphatic heterocycles. The van der Waals surface area contributed by atoms with Gasteiger partial charge in [-0.3, -0.25) is 5.41 Å². The van der Waals surface area contributed by atoms with Crippen molar-refractivity contribution in [1.82, 2.24) is 5.43 Å². The van der Waals surface area contributed by atoms with Gasteiger partial charge in [0, 0.05) is 5.56 Å². The molecule has 0 saturated heterocycles. The highest BCUT2D eigenvalue weighted by molar-refractivity contribution is 5.90. The van der Waals surface area contributed by atoms with Gasteiger partial charge in [0.2, 0.25) is 5.96 Å². The van der Waals surface area contributed by atoms with Gasteiger partial charge in [-0.2, -0.15) is 5.10 Å². The monoisotopic (exact) mass is 238 g/mol. The number of nitrogens with zero attached hydrogens (tertiary/aromatic N) is 1. The van der Waals surface area contributed by atoms with E-state index in [1.54, 1.807) is 6.21 Å².